The third-order valence-electron chi connectivity index (χ3n) is 1.85. The van der Waals surface area contributed by atoms with Crippen LogP contribution >= 0.6 is 11.6 Å². The van der Waals surface area contributed by atoms with Crippen LogP contribution in [0.3, 0.4) is 0 Å². The fourth-order valence-electron chi connectivity index (χ4n) is 1.10. The molecule has 1 aromatic rings. The van der Waals surface area contributed by atoms with E-state index in [9.17, 15) is 4.79 Å². The molecule has 16 heavy (non-hydrogen) atoms. The molecule has 0 saturated carbocycles. The van der Waals surface area contributed by atoms with E-state index in [1.165, 1.54) is 0 Å². The van der Waals surface area contributed by atoms with Crippen molar-refractivity contribution < 1.29 is 14.3 Å². The van der Waals surface area contributed by atoms with E-state index < -0.39 is 0 Å². The van der Waals surface area contributed by atoms with E-state index in [0.29, 0.717) is 24.8 Å². The van der Waals surface area contributed by atoms with E-state index in [-0.39, 0.29) is 12.6 Å². The Labute approximate surface area is 99.5 Å². The maximum atomic E-state index is 10.9. The second kappa shape index (κ2) is 7.19. The summed E-state index contributed by atoms with van der Waals surface area (Å²) in [6, 6.07) is 3.60. The fourth-order valence-corrected chi connectivity index (χ4v) is 1.21. The Morgan fingerprint density at radius 1 is 1.50 bits per heavy atom. The lowest BCUT2D eigenvalue weighted by Crippen LogP contribution is -2.13. The number of hydrogen-bond donors (Lipinski definition) is 0. The van der Waals surface area contributed by atoms with Crippen molar-refractivity contribution in [2.24, 2.45) is 0 Å². The first kappa shape index (κ1) is 12.9. The number of hydrogen-bond acceptors (Lipinski definition) is 4. The standard InChI is InChI=1S/C11H14ClNO3/c1-2-16-11(14)8-15-6-5-9-3-4-10(12)13-7-9/h3-4,7H,2,5-6,8H2,1H3. The Bertz CT molecular complexity index is 327. The first-order chi connectivity index (χ1) is 7.72. The first-order valence-electron chi connectivity index (χ1n) is 5.06. The highest BCUT2D eigenvalue weighted by molar-refractivity contribution is 6.29. The van der Waals surface area contributed by atoms with Crippen LogP contribution in [-0.2, 0) is 20.7 Å². The summed E-state index contributed by atoms with van der Waals surface area (Å²) in [6.07, 6.45) is 2.39. The number of halogens is 1. The molecule has 0 aliphatic heterocycles. The topological polar surface area (TPSA) is 48.4 Å². The smallest absolute Gasteiger partial charge is 0.332 e. The lowest BCUT2D eigenvalue weighted by Gasteiger charge is -2.04. The molecule has 1 heterocycles. The predicted octanol–water partition coefficient (Wildman–Crippen LogP) is 1.86. The summed E-state index contributed by atoms with van der Waals surface area (Å²) in [5.41, 5.74) is 1.02. The monoisotopic (exact) mass is 243 g/mol. The van der Waals surface area contributed by atoms with Crippen LogP contribution < -0.4 is 0 Å². The highest BCUT2D eigenvalue weighted by Gasteiger charge is 2.01. The molecule has 0 saturated heterocycles. The molecule has 0 aliphatic rings. The van der Waals surface area contributed by atoms with Crippen LogP contribution in [0.4, 0.5) is 0 Å². The van der Waals surface area contributed by atoms with Gasteiger partial charge in [0.05, 0.1) is 13.2 Å². The summed E-state index contributed by atoms with van der Waals surface area (Å²) in [7, 11) is 0. The normalized spacial score (nSPS) is 10.1. The number of carbonyl (C=O) groups excluding carboxylic acids is 1. The summed E-state index contributed by atoms with van der Waals surface area (Å²) >= 11 is 5.65. The van der Waals surface area contributed by atoms with Crippen molar-refractivity contribution in [2.45, 2.75) is 13.3 Å². The van der Waals surface area contributed by atoms with Gasteiger partial charge in [0.25, 0.3) is 0 Å². The van der Waals surface area contributed by atoms with Gasteiger partial charge in [0.2, 0.25) is 0 Å². The number of esters is 1. The van der Waals surface area contributed by atoms with Gasteiger partial charge in [-0.2, -0.15) is 0 Å². The van der Waals surface area contributed by atoms with Gasteiger partial charge in [-0.3, -0.25) is 0 Å². The SMILES string of the molecule is CCOC(=O)COCCc1ccc(Cl)nc1. The van der Waals surface area contributed by atoms with Crippen molar-refractivity contribution in [1.82, 2.24) is 4.98 Å². The second-order valence-corrected chi connectivity index (χ2v) is 3.48. The fraction of sp³-hybridized carbons (Fsp3) is 0.455. The molecule has 0 aromatic carbocycles. The largest absolute Gasteiger partial charge is 0.464 e. The van der Waals surface area contributed by atoms with Crippen molar-refractivity contribution in [3.8, 4) is 0 Å². The molecule has 5 heteroatoms. The van der Waals surface area contributed by atoms with E-state index in [4.69, 9.17) is 21.1 Å². The van der Waals surface area contributed by atoms with Crippen LogP contribution in [0.15, 0.2) is 18.3 Å². The van der Waals surface area contributed by atoms with E-state index in [1.54, 1.807) is 19.2 Å². The van der Waals surface area contributed by atoms with Crippen molar-refractivity contribution in [3.05, 3.63) is 29.0 Å². The molecule has 0 N–H and O–H groups in total. The molecule has 0 amide bonds. The van der Waals surface area contributed by atoms with Gasteiger partial charge < -0.3 is 9.47 Å². The minimum atomic E-state index is -0.336. The molecule has 0 atom stereocenters. The van der Waals surface area contributed by atoms with Crippen molar-refractivity contribution in [2.75, 3.05) is 19.8 Å². The van der Waals surface area contributed by atoms with Gasteiger partial charge in [0, 0.05) is 6.20 Å². The Morgan fingerprint density at radius 3 is 2.94 bits per heavy atom. The molecule has 88 valence electrons. The van der Waals surface area contributed by atoms with Gasteiger partial charge in [-0.15, -0.1) is 0 Å². The van der Waals surface area contributed by atoms with Crippen LogP contribution in [0.2, 0.25) is 5.15 Å². The summed E-state index contributed by atoms with van der Waals surface area (Å²) in [6.45, 7) is 2.59. The first-order valence-corrected chi connectivity index (χ1v) is 5.44. The van der Waals surface area contributed by atoms with Crippen molar-refractivity contribution in [3.63, 3.8) is 0 Å². The van der Waals surface area contributed by atoms with Gasteiger partial charge in [-0.25, -0.2) is 9.78 Å². The summed E-state index contributed by atoms with van der Waals surface area (Å²) in [4.78, 5) is 14.9. The minimum Gasteiger partial charge on any atom is -0.464 e. The average molecular weight is 244 g/mol. The molecular weight excluding hydrogens is 230 g/mol. The third kappa shape index (κ3) is 5.09. The maximum absolute atomic E-state index is 10.9. The van der Waals surface area contributed by atoms with E-state index >= 15 is 0 Å². The number of pyridine rings is 1. The molecule has 0 radical (unpaired) electrons. The van der Waals surface area contributed by atoms with Gasteiger partial charge in [0.15, 0.2) is 0 Å². The predicted molar refractivity (Wildman–Crippen MR) is 60.4 cm³/mol. The van der Waals surface area contributed by atoms with Crippen LogP contribution in [0.1, 0.15) is 12.5 Å². The molecule has 0 bridgehead atoms. The molecule has 0 spiro atoms. The second-order valence-electron chi connectivity index (χ2n) is 3.10. The molecule has 0 aliphatic carbocycles. The number of aromatic nitrogens is 1. The number of carbonyl (C=O) groups is 1. The molecule has 0 fully saturated rings. The zero-order valence-electron chi connectivity index (χ0n) is 9.11. The highest BCUT2D eigenvalue weighted by Crippen LogP contribution is 2.05. The van der Waals surface area contributed by atoms with Crippen molar-refractivity contribution in [1.29, 1.82) is 0 Å². The van der Waals surface area contributed by atoms with Crippen molar-refractivity contribution >= 4 is 17.6 Å². The lowest BCUT2D eigenvalue weighted by molar-refractivity contribution is -0.148. The van der Waals surface area contributed by atoms with Gasteiger partial charge in [0.1, 0.15) is 11.8 Å². The Balaban J connectivity index is 2.16. The highest BCUT2D eigenvalue weighted by atomic mass is 35.5. The number of ether oxygens (including phenoxy) is 2. The van der Waals surface area contributed by atoms with Crippen LogP contribution in [0.25, 0.3) is 0 Å². The number of nitrogens with zero attached hydrogens (tertiary/aromatic N) is 1. The zero-order chi connectivity index (χ0) is 11.8. The van der Waals surface area contributed by atoms with Crippen LogP contribution in [0.5, 0.6) is 0 Å². The molecule has 1 rings (SSSR count). The molecular formula is C11H14ClNO3. The Hall–Kier alpha value is -1.13. The molecule has 4 nitrogen and oxygen atoms in total. The summed E-state index contributed by atoms with van der Waals surface area (Å²) < 4.78 is 9.86. The minimum absolute atomic E-state index is 0.00510. The van der Waals surface area contributed by atoms with E-state index in [1.807, 2.05) is 6.07 Å². The number of rotatable bonds is 6. The Morgan fingerprint density at radius 2 is 2.31 bits per heavy atom. The third-order valence-corrected chi connectivity index (χ3v) is 2.07. The Kier molecular flexibility index (Phi) is 5.82. The van der Waals surface area contributed by atoms with Crippen LogP contribution in [0, 0.1) is 0 Å². The van der Waals surface area contributed by atoms with E-state index in [0.717, 1.165) is 5.56 Å². The molecule has 1 aromatic heterocycles. The average Bonchev–Trinajstić information content (AvgIpc) is 2.27. The molecule has 0 unspecified atom stereocenters. The quantitative estimate of drug-likeness (QED) is 0.435. The summed E-state index contributed by atoms with van der Waals surface area (Å²) in [5, 5.41) is 0.469. The van der Waals surface area contributed by atoms with Crippen LogP contribution in [-0.4, -0.2) is 30.8 Å². The van der Waals surface area contributed by atoms with Gasteiger partial charge >= 0.3 is 5.97 Å². The summed E-state index contributed by atoms with van der Waals surface area (Å²) in [5.74, 6) is -0.336. The van der Waals surface area contributed by atoms with Gasteiger partial charge in [-0.05, 0) is 25.0 Å². The van der Waals surface area contributed by atoms with Gasteiger partial charge in [-0.1, -0.05) is 17.7 Å². The zero-order valence-corrected chi connectivity index (χ0v) is 9.87. The maximum Gasteiger partial charge on any atom is 0.332 e. The lowest BCUT2D eigenvalue weighted by atomic mass is 10.2. The van der Waals surface area contributed by atoms with E-state index in [2.05, 4.69) is 4.98 Å².